The number of hydrogen-bond acceptors (Lipinski definition) is 3. The van der Waals surface area contributed by atoms with Gasteiger partial charge in [-0.3, -0.25) is 9.78 Å². The first-order valence-electron chi connectivity index (χ1n) is 7.31. The van der Waals surface area contributed by atoms with E-state index in [1.807, 2.05) is 29.0 Å². The monoisotopic (exact) mass is 360 g/mol. The number of carbonyl (C=O) groups excluding carboxylic acids is 1. The Morgan fingerprint density at radius 1 is 1.12 bits per heavy atom. The van der Waals surface area contributed by atoms with Gasteiger partial charge in [-0.2, -0.15) is 0 Å². The lowest BCUT2D eigenvalue weighted by molar-refractivity contribution is 0.0952. The maximum Gasteiger partial charge on any atom is 0.252 e. The van der Waals surface area contributed by atoms with E-state index in [1.165, 1.54) is 0 Å². The molecule has 0 spiro atoms. The second-order valence-corrected chi connectivity index (χ2v) is 5.88. The molecule has 5 nitrogen and oxygen atoms in total. The van der Waals surface area contributed by atoms with E-state index < -0.39 is 0 Å². The van der Waals surface area contributed by atoms with Gasteiger partial charge in [0.1, 0.15) is 5.69 Å². The fraction of sp³-hybridized carbons (Fsp3) is 0.118. The van der Waals surface area contributed by atoms with Gasteiger partial charge in [0.15, 0.2) is 5.82 Å². The summed E-state index contributed by atoms with van der Waals surface area (Å²) in [7, 11) is 0. The summed E-state index contributed by atoms with van der Waals surface area (Å²) >= 11 is 11.9. The molecule has 0 unspecified atom stereocenters. The number of amides is 1. The molecule has 0 saturated heterocycles. The highest BCUT2D eigenvalue weighted by Crippen LogP contribution is 2.20. The second kappa shape index (κ2) is 7.47. The maximum absolute atomic E-state index is 12.2. The number of nitrogens with zero attached hydrogens (tertiary/aromatic N) is 3. The minimum Gasteiger partial charge on any atom is -0.350 e. The van der Waals surface area contributed by atoms with E-state index >= 15 is 0 Å². The van der Waals surface area contributed by atoms with Crippen LogP contribution in [0, 0.1) is 0 Å². The Bertz CT molecular complexity index is 849. The van der Waals surface area contributed by atoms with Crippen molar-refractivity contribution < 1.29 is 4.79 Å². The molecule has 0 radical (unpaired) electrons. The van der Waals surface area contributed by atoms with E-state index in [1.54, 1.807) is 30.6 Å². The SMILES string of the molecule is O=C(NCCn1ccnc1-c1ccccn1)c1ccc(Cl)cc1Cl. The highest BCUT2D eigenvalue weighted by Gasteiger charge is 2.11. The molecule has 1 N–H and O–H groups in total. The lowest BCUT2D eigenvalue weighted by Crippen LogP contribution is -2.27. The zero-order valence-corrected chi connectivity index (χ0v) is 14.1. The van der Waals surface area contributed by atoms with Crippen LogP contribution in [0.1, 0.15) is 10.4 Å². The van der Waals surface area contributed by atoms with Gasteiger partial charge in [-0.25, -0.2) is 4.98 Å². The van der Waals surface area contributed by atoms with Crippen LogP contribution >= 0.6 is 23.2 Å². The van der Waals surface area contributed by atoms with Crippen LogP contribution in [-0.2, 0) is 6.54 Å². The number of hydrogen-bond donors (Lipinski definition) is 1. The van der Waals surface area contributed by atoms with Crippen molar-refractivity contribution in [2.45, 2.75) is 6.54 Å². The average Bonchev–Trinajstić information content (AvgIpc) is 3.04. The number of nitrogens with one attached hydrogen (secondary N) is 1. The van der Waals surface area contributed by atoms with E-state index in [0.717, 1.165) is 11.5 Å². The van der Waals surface area contributed by atoms with Crippen LogP contribution in [0.4, 0.5) is 0 Å². The Labute approximate surface area is 149 Å². The van der Waals surface area contributed by atoms with Gasteiger partial charge in [-0.1, -0.05) is 29.3 Å². The molecule has 3 aromatic rings. The topological polar surface area (TPSA) is 59.8 Å². The fourth-order valence-electron chi connectivity index (χ4n) is 2.28. The van der Waals surface area contributed by atoms with Gasteiger partial charge in [-0.05, 0) is 30.3 Å². The first kappa shape index (κ1) is 16.5. The minimum absolute atomic E-state index is 0.240. The van der Waals surface area contributed by atoms with Crippen LogP contribution in [0.2, 0.25) is 10.0 Å². The molecule has 0 bridgehead atoms. The Morgan fingerprint density at radius 2 is 2.00 bits per heavy atom. The van der Waals surface area contributed by atoms with Gasteiger partial charge in [0.25, 0.3) is 5.91 Å². The summed E-state index contributed by atoms with van der Waals surface area (Å²) in [6, 6.07) is 10.4. The smallest absolute Gasteiger partial charge is 0.252 e. The Hall–Kier alpha value is -2.37. The molecular weight excluding hydrogens is 347 g/mol. The fourth-order valence-corrected chi connectivity index (χ4v) is 2.77. The summed E-state index contributed by atoms with van der Waals surface area (Å²) in [5.74, 6) is 0.519. The first-order chi connectivity index (χ1) is 11.6. The number of imidazole rings is 1. The molecule has 0 atom stereocenters. The highest BCUT2D eigenvalue weighted by molar-refractivity contribution is 6.36. The van der Waals surface area contributed by atoms with E-state index in [2.05, 4.69) is 15.3 Å². The number of benzene rings is 1. The predicted octanol–water partition coefficient (Wildman–Crippen LogP) is 3.68. The normalized spacial score (nSPS) is 10.6. The number of aromatic nitrogens is 3. The van der Waals surface area contributed by atoms with Gasteiger partial charge in [0, 0.05) is 36.7 Å². The molecule has 0 fully saturated rings. The van der Waals surface area contributed by atoms with Gasteiger partial charge in [0.2, 0.25) is 0 Å². The summed E-state index contributed by atoms with van der Waals surface area (Å²) < 4.78 is 1.94. The van der Waals surface area contributed by atoms with Crippen molar-refractivity contribution in [2.24, 2.45) is 0 Å². The van der Waals surface area contributed by atoms with E-state index in [0.29, 0.717) is 28.7 Å². The third-order valence-corrected chi connectivity index (χ3v) is 3.97. The molecule has 2 aromatic heterocycles. The predicted molar refractivity (Wildman–Crippen MR) is 94.3 cm³/mol. The molecule has 0 aliphatic carbocycles. The molecular formula is C17H14Cl2N4O. The Balaban J connectivity index is 1.63. The summed E-state index contributed by atoms with van der Waals surface area (Å²) in [5, 5.41) is 3.67. The van der Waals surface area contributed by atoms with Crippen molar-refractivity contribution in [3.63, 3.8) is 0 Å². The van der Waals surface area contributed by atoms with Crippen LogP contribution < -0.4 is 5.32 Å². The van der Waals surface area contributed by atoms with E-state index in [-0.39, 0.29) is 5.91 Å². The zero-order chi connectivity index (χ0) is 16.9. The van der Waals surface area contributed by atoms with Crippen LogP contribution in [-0.4, -0.2) is 27.0 Å². The maximum atomic E-state index is 12.2. The lowest BCUT2D eigenvalue weighted by atomic mass is 10.2. The third kappa shape index (κ3) is 3.75. The molecule has 122 valence electrons. The lowest BCUT2D eigenvalue weighted by Gasteiger charge is -2.10. The summed E-state index contributed by atoms with van der Waals surface area (Å²) in [6.45, 7) is 1.01. The largest absolute Gasteiger partial charge is 0.350 e. The second-order valence-electron chi connectivity index (χ2n) is 5.04. The van der Waals surface area contributed by atoms with Crippen molar-refractivity contribution >= 4 is 29.1 Å². The van der Waals surface area contributed by atoms with Crippen molar-refractivity contribution in [3.05, 3.63) is 70.6 Å². The molecule has 0 aliphatic heterocycles. The van der Waals surface area contributed by atoms with Crippen molar-refractivity contribution in [2.75, 3.05) is 6.54 Å². The number of pyridine rings is 1. The summed E-state index contributed by atoms with van der Waals surface area (Å²) in [5.41, 5.74) is 1.19. The number of halogens is 2. The van der Waals surface area contributed by atoms with Gasteiger partial charge >= 0.3 is 0 Å². The van der Waals surface area contributed by atoms with Crippen molar-refractivity contribution in [1.29, 1.82) is 0 Å². The zero-order valence-electron chi connectivity index (χ0n) is 12.6. The van der Waals surface area contributed by atoms with Gasteiger partial charge < -0.3 is 9.88 Å². The standard InChI is InChI=1S/C17H14Cl2N4O/c18-12-4-5-13(14(19)11-12)17(24)22-8-10-23-9-7-21-16(23)15-3-1-2-6-20-15/h1-7,9,11H,8,10H2,(H,22,24). The van der Waals surface area contributed by atoms with E-state index in [9.17, 15) is 4.79 Å². The third-order valence-electron chi connectivity index (χ3n) is 3.42. The summed E-state index contributed by atoms with van der Waals surface area (Å²) in [4.78, 5) is 20.8. The van der Waals surface area contributed by atoms with Crippen molar-refractivity contribution in [3.8, 4) is 11.5 Å². The molecule has 3 rings (SSSR count). The molecule has 24 heavy (non-hydrogen) atoms. The molecule has 2 heterocycles. The van der Waals surface area contributed by atoms with Crippen molar-refractivity contribution in [1.82, 2.24) is 19.9 Å². The van der Waals surface area contributed by atoms with Crippen LogP contribution in [0.3, 0.4) is 0 Å². The molecule has 1 aromatic carbocycles. The minimum atomic E-state index is -0.240. The van der Waals surface area contributed by atoms with Gasteiger partial charge in [-0.15, -0.1) is 0 Å². The average molecular weight is 361 g/mol. The first-order valence-corrected chi connectivity index (χ1v) is 8.06. The van der Waals surface area contributed by atoms with E-state index in [4.69, 9.17) is 23.2 Å². The summed E-state index contributed by atoms with van der Waals surface area (Å²) in [6.07, 6.45) is 5.28. The molecule has 1 amide bonds. The molecule has 0 saturated carbocycles. The van der Waals surface area contributed by atoms with Crippen LogP contribution in [0.25, 0.3) is 11.5 Å². The highest BCUT2D eigenvalue weighted by atomic mass is 35.5. The van der Waals surface area contributed by atoms with Crippen LogP contribution in [0.15, 0.2) is 55.0 Å². The molecule has 7 heteroatoms. The van der Waals surface area contributed by atoms with Gasteiger partial charge in [0.05, 0.1) is 10.6 Å². The molecule has 0 aliphatic rings. The quantitative estimate of drug-likeness (QED) is 0.754. The Morgan fingerprint density at radius 3 is 2.75 bits per heavy atom. The Kier molecular flexibility index (Phi) is 5.13. The number of rotatable bonds is 5. The van der Waals surface area contributed by atoms with Crippen LogP contribution in [0.5, 0.6) is 0 Å². The number of carbonyl (C=O) groups is 1.